The van der Waals surface area contributed by atoms with E-state index in [4.69, 9.17) is 15.2 Å². The second kappa shape index (κ2) is 3.62. The zero-order chi connectivity index (χ0) is 9.10. The van der Waals surface area contributed by atoms with Crippen LogP contribution in [0.5, 0.6) is 5.75 Å². The molecular formula is C9H12N2O2. The van der Waals surface area contributed by atoms with Crippen molar-refractivity contribution in [1.82, 2.24) is 4.98 Å². The van der Waals surface area contributed by atoms with Crippen molar-refractivity contribution in [3.05, 3.63) is 18.5 Å². The van der Waals surface area contributed by atoms with Crippen molar-refractivity contribution in [1.29, 1.82) is 0 Å². The molecule has 0 spiro atoms. The van der Waals surface area contributed by atoms with E-state index < -0.39 is 0 Å². The van der Waals surface area contributed by atoms with Gasteiger partial charge in [-0.25, -0.2) is 0 Å². The molecule has 0 aromatic carbocycles. The van der Waals surface area contributed by atoms with Crippen molar-refractivity contribution < 1.29 is 9.47 Å². The molecular weight excluding hydrogens is 168 g/mol. The fraction of sp³-hybridized carbons (Fsp3) is 0.444. The molecule has 13 heavy (non-hydrogen) atoms. The Morgan fingerprint density at radius 1 is 1.54 bits per heavy atom. The Kier molecular flexibility index (Phi) is 2.31. The summed E-state index contributed by atoms with van der Waals surface area (Å²) in [5.41, 5.74) is 6.18. The quantitative estimate of drug-likeness (QED) is 0.732. The zero-order valence-electron chi connectivity index (χ0n) is 7.27. The first kappa shape index (κ1) is 8.31. The molecule has 2 N–H and O–H groups in total. The van der Waals surface area contributed by atoms with E-state index in [1.54, 1.807) is 18.5 Å². The normalized spacial score (nSPS) is 21.7. The van der Waals surface area contributed by atoms with Crippen molar-refractivity contribution in [3.8, 4) is 5.75 Å². The molecule has 70 valence electrons. The van der Waals surface area contributed by atoms with Gasteiger partial charge in [-0.15, -0.1) is 0 Å². The van der Waals surface area contributed by atoms with Crippen LogP contribution in [0.1, 0.15) is 6.42 Å². The van der Waals surface area contributed by atoms with Crippen LogP contribution in [-0.4, -0.2) is 24.3 Å². The van der Waals surface area contributed by atoms with Crippen LogP contribution >= 0.6 is 0 Å². The van der Waals surface area contributed by atoms with Gasteiger partial charge in [0.25, 0.3) is 0 Å². The Morgan fingerprint density at radius 2 is 2.46 bits per heavy atom. The summed E-state index contributed by atoms with van der Waals surface area (Å²) in [6.45, 7) is 1.44. The van der Waals surface area contributed by atoms with Gasteiger partial charge in [0, 0.05) is 12.5 Å². The van der Waals surface area contributed by atoms with Crippen LogP contribution < -0.4 is 10.5 Å². The van der Waals surface area contributed by atoms with E-state index in [0.717, 1.165) is 18.8 Å². The van der Waals surface area contributed by atoms with Gasteiger partial charge in [-0.1, -0.05) is 0 Å². The molecule has 1 aliphatic rings. The van der Waals surface area contributed by atoms with Crippen molar-refractivity contribution in [2.75, 3.05) is 18.9 Å². The number of nitrogen functional groups attached to an aromatic ring is 1. The molecule has 0 amide bonds. The third kappa shape index (κ3) is 2.09. The smallest absolute Gasteiger partial charge is 0.140 e. The predicted molar refractivity (Wildman–Crippen MR) is 48.5 cm³/mol. The molecule has 4 nitrogen and oxygen atoms in total. The second-order valence-corrected chi connectivity index (χ2v) is 3.06. The molecule has 1 fully saturated rings. The van der Waals surface area contributed by atoms with E-state index in [9.17, 15) is 0 Å². The second-order valence-electron chi connectivity index (χ2n) is 3.06. The van der Waals surface area contributed by atoms with Gasteiger partial charge in [-0.3, -0.25) is 4.98 Å². The summed E-state index contributed by atoms with van der Waals surface area (Å²) >= 11 is 0. The average molecular weight is 180 g/mol. The maximum absolute atomic E-state index is 5.59. The lowest BCUT2D eigenvalue weighted by Gasteiger charge is -2.10. The Morgan fingerprint density at radius 3 is 3.15 bits per heavy atom. The highest BCUT2D eigenvalue weighted by molar-refractivity contribution is 5.40. The molecule has 1 atom stereocenters. The monoisotopic (exact) mass is 180 g/mol. The summed E-state index contributed by atoms with van der Waals surface area (Å²) < 4.78 is 10.8. The highest BCUT2D eigenvalue weighted by atomic mass is 16.5. The summed E-state index contributed by atoms with van der Waals surface area (Å²) in [4.78, 5) is 3.94. The van der Waals surface area contributed by atoms with E-state index >= 15 is 0 Å². The van der Waals surface area contributed by atoms with Gasteiger partial charge >= 0.3 is 0 Å². The number of hydrogen-bond donors (Lipinski definition) is 1. The van der Waals surface area contributed by atoms with Crippen molar-refractivity contribution >= 4 is 5.69 Å². The van der Waals surface area contributed by atoms with E-state index in [1.807, 2.05) is 0 Å². The fourth-order valence-corrected chi connectivity index (χ4v) is 1.30. The molecule has 0 bridgehead atoms. The molecule has 0 radical (unpaired) electrons. The maximum Gasteiger partial charge on any atom is 0.140 e. The van der Waals surface area contributed by atoms with E-state index in [-0.39, 0.29) is 6.10 Å². The number of pyridine rings is 1. The molecule has 0 saturated carbocycles. The first-order chi connectivity index (χ1) is 6.34. The van der Waals surface area contributed by atoms with E-state index in [2.05, 4.69) is 4.98 Å². The minimum Gasteiger partial charge on any atom is -0.486 e. The third-order valence-electron chi connectivity index (χ3n) is 1.92. The number of aromatic nitrogens is 1. The molecule has 1 aromatic rings. The summed E-state index contributed by atoms with van der Waals surface area (Å²) in [5, 5.41) is 0. The van der Waals surface area contributed by atoms with Gasteiger partial charge < -0.3 is 15.2 Å². The number of rotatable bonds is 2. The van der Waals surface area contributed by atoms with Crippen LogP contribution in [0.2, 0.25) is 0 Å². The lowest BCUT2D eigenvalue weighted by Crippen LogP contribution is -2.15. The first-order valence-corrected chi connectivity index (χ1v) is 4.29. The standard InChI is InChI=1S/C9H12N2O2/c10-7-3-9(5-11-4-7)13-8-1-2-12-6-8/h3-5,8H,1-2,6,10H2. The van der Waals surface area contributed by atoms with E-state index in [1.165, 1.54) is 0 Å². The van der Waals surface area contributed by atoms with Gasteiger partial charge in [0.15, 0.2) is 0 Å². The molecule has 1 aliphatic heterocycles. The molecule has 4 heteroatoms. The van der Waals surface area contributed by atoms with E-state index in [0.29, 0.717) is 12.3 Å². The van der Waals surface area contributed by atoms with Gasteiger partial charge in [0.1, 0.15) is 11.9 Å². The fourth-order valence-electron chi connectivity index (χ4n) is 1.30. The average Bonchev–Trinajstić information content (AvgIpc) is 2.57. The van der Waals surface area contributed by atoms with Gasteiger partial charge in [0.2, 0.25) is 0 Å². The number of ether oxygens (including phenoxy) is 2. The van der Waals surface area contributed by atoms with Gasteiger partial charge in [-0.05, 0) is 0 Å². The number of nitrogens with zero attached hydrogens (tertiary/aromatic N) is 1. The molecule has 2 heterocycles. The minimum absolute atomic E-state index is 0.156. The highest BCUT2D eigenvalue weighted by Gasteiger charge is 2.16. The van der Waals surface area contributed by atoms with Gasteiger partial charge in [0.05, 0.1) is 31.3 Å². The van der Waals surface area contributed by atoms with Crippen LogP contribution in [-0.2, 0) is 4.74 Å². The van der Waals surface area contributed by atoms with Crippen LogP contribution in [0.3, 0.4) is 0 Å². The van der Waals surface area contributed by atoms with Crippen molar-refractivity contribution in [2.24, 2.45) is 0 Å². The van der Waals surface area contributed by atoms with Crippen LogP contribution in [0.15, 0.2) is 18.5 Å². The van der Waals surface area contributed by atoms with Crippen LogP contribution in [0.25, 0.3) is 0 Å². The van der Waals surface area contributed by atoms with Crippen LogP contribution in [0, 0.1) is 0 Å². The van der Waals surface area contributed by atoms with Crippen LogP contribution in [0.4, 0.5) is 5.69 Å². The lowest BCUT2D eigenvalue weighted by molar-refractivity contribution is 0.141. The maximum atomic E-state index is 5.59. The molecule has 0 aliphatic carbocycles. The highest BCUT2D eigenvalue weighted by Crippen LogP contribution is 2.17. The molecule has 1 saturated heterocycles. The topological polar surface area (TPSA) is 57.4 Å². The first-order valence-electron chi connectivity index (χ1n) is 4.29. The summed E-state index contributed by atoms with van der Waals surface area (Å²) in [6, 6.07) is 1.77. The largest absolute Gasteiger partial charge is 0.486 e. The Bertz CT molecular complexity index is 285. The van der Waals surface area contributed by atoms with Crippen molar-refractivity contribution in [2.45, 2.75) is 12.5 Å². The van der Waals surface area contributed by atoms with Crippen molar-refractivity contribution in [3.63, 3.8) is 0 Å². The summed E-state index contributed by atoms with van der Waals surface area (Å²) in [5.74, 6) is 0.718. The Hall–Kier alpha value is -1.29. The number of hydrogen-bond acceptors (Lipinski definition) is 4. The summed E-state index contributed by atoms with van der Waals surface area (Å²) in [6.07, 6.45) is 4.35. The predicted octanol–water partition coefficient (Wildman–Crippen LogP) is 0.831. The third-order valence-corrected chi connectivity index (χ3v) is 1.92. The number of nitrogens with two attached hydrogens (primary N) is 1. The molecule has 1 unspecified atom stereocenters. The minimum atomic E-state index is 0.156. The molecule has 1 aromatic heterocycles. The van der Waals surface area contributed by atoms with Gasteiger partial charge in [-0.2, -0.15) is 0 Å². The lowest BCUT2D eigenvalue weighted by atomic mass is 10.3. The Balaban J connectivity index is 2.00. The molecule has 2 rings (SSSR count). The summed E-state index contributed by atoms with van der Waals surface area (Å²) in [7, 11) is 0. The zero-order valence-corrected chi connectivity index (χ0v) is 7.27. The Labute approximate surface area is 76.7 Å². The SMILES string of the molecule is Nc1cncc(OC2CCOC2)c1. The number of anilines is 1.